The zero-order valence-corrected chi connectivity index (χ0v) is 9.82. The molecule has 0 atom stereocenters. The van der Waals surface area contributed by atoms with Crippen LogP contribution in [0.25, 0.3) is 0 Å². The predicted octanol–water partition coefficient (Wildman–Crippen LogP) is 3.29. The highest BCUT2D eigenvalue weighted by atomic mass is 79.9. The molecule has 0 saturated carbocycles. The van der Waals surface area contributed by atoms with E-state index >= 15 is 0 Å². The van der Waals surface area contributed by atoms with Gasteiger partial charge >= 0.3 is 0 Å². The number of rotatable bonds is 2. The molecule has 2 aromatic rings. The lowest BCUT2D eigenvalue weighted by atomic mass is 10.3. The topological polar surface area (TPSA) is 37.8 Å². The molecule has 2 aromatic heterocycles. The molecule has 2 heterocycles. The van der Waals surface area contributed by atoms with Gasteiger partial charge in [0, 0.05) is 16.4 Å². The third-order valence-electron chi connectivity index (χ3n) is 1.91. The number of halogens is 1. The first-order chi connectivity index (χ1) is 7.24. The van der Waals surface area contributed by atoms with E-state index in [-0.39, 0.29) is 0 Å². The van der Waals surface area contributed by atoms with Gasteiger partial charge in [-0.2, -0.15) is 0 Å². The Morgan fingerprint density at radius 3 is 2.53 bits per heavy atom. The summed E-state index contributed by atoms with van der Waals surface area (Å²) in [7, 11) is 0. The maximum Gasteiger partial charge on any atom is 0.130 e. The van der Waals surface area contributed by atoms with E-state index in [2.05, 4.69) is 31.2 Å². The third-order valence-corrected chi connectivity index (χ3v) is 2.38. The lowest BCUT2D eigenvalue weighted by Crippen LogP contribution is -1.93. The van der Waals surface area contributed by atoms with Crippen molar-refractivity contribution in [3.05, 3.63) is 46.8 Å². The molecule has 2 rings (SSSR count). The number of aryl methyl sites for hydroxylation is 1. The Morgan fingerprint density at radius 2 is 1.93 bits per heavy atom. The fourth-order valence-electron chi connectivity index (χ4n) is 1.14. The quantitative estimate of drug-likeness (QED) is 0.904. The van der Waals surface area contributed by atoms with Crippen molar-refractivity contribution in [3.8, 4) is 0 Å². The summed E-state index contributed by atoms with van der Waals surface area (Å²) < 4.78 is 0.968. The molecule has 1 N–H and O–H groups in total. The van der Waals surface area contributed by atoms with E-state index in [1.165, 1.54) is 0 Å². The molecule has 0 fully saturated rings. The van der Waals surface area contributed by atoms with E-state index in [1.54, 1.807) is 12.4 Å². The van der Waals surface area contributed by atoms with Gasteiger partial charge in [0.25, 0.3) is 0 Å². The molecular weight excluding hydrogens is 254 g/mol. The molecule has 0 amide bonds. The Labute approximate surface area is 96.7 Å². The Kier molecular flexibility index (Phi) is 2.97. The summed E-state index contributed by atoms with van der Waals surface area (Å²) in [4.78, 5) is 8.40. The second-order valence-corrected chi connectivity index (χ2v) is 4.09. The van der Waals surface area contributed by atoms with E-state index in [0.29, 0.717) is 0 Å². The average molecular weight is 264 g/mol. The molecule has 0 aromatic carbocycles. The summed E-state index contributed by atoms with van der Waals surface area (Å²) in [5.41, 5.74) is 1.94. The molecule has 0 radical (unpaired) electrons. The van der Waals surface area contributed by atoms with Crippen LogP contribution in [0.3, 0.4) is 0 Å². The number of hydrogen-bond acceptors (Lipinski definition) is 3. The Morgan fingerprint density at radius 1 is 1.07 bits per heavy atom. The van der Waals surface area contributed by atoms with Gasteiger partial charge in [0.15, 0.2) is 0 Å². The van der Waals surface area contributed by atoms with Crippen LogP contribution in [0.4, 0.5) is 11.5 Å². The summed E-state index contributed by atoms with van der Waals surface area (Å²) in [6.45, 7) is 1.96. The van der Waals surface area contributed by atoms with E-state index in [9.17, 15) is 0 Å². The monoisotopic (exact) mass is 263 g/mol. The summed E-state index contributed by atoms with van der Waals surface area (Å²) in [6.07, 6.45) is 3.54. The minimum Gasteiger partial charge on any atom is -0.339 e. The highest BCUT2D eigenvalue weighted by Gasteiger charge is 1.95. The van der Waals surface area contributed by atoms with E-state index in [4.69, 9.17) is 0 Å². The standard InChI is InChI=1S/C11H10BrN3/c1-8-2-4-10(7-13-8)15-11-5-3-9(12)6-14-11/h2-7H,1H3,(H,14,15). The zero-order valence-electron chi connectivity index (χ0n) is 8.24. The SMILES string of the molecule is Cc1ccc(Nc2ccc(Br)cn2)cn1. The van der Waals surface area contributed by atoms with Gasteiger partial charge in [0.1, 0.15) is 5.82 Å². The summed E-state index contributed by atoms with van der Waals surface area (Å²) in [6, 6.07) is 7.79. The predicted molar refractivity (Wildman–Crippen MR) is 64.2 cm³/mol. The first-order valence-corrected chi connectivity index (χ1v) is 5.34. The van der Waals surface area contributed by atoms with Crippen LogP contribution in [0, 0.1) is 6.92 Å². The number of aromatic nitrogens is 2. The lowest BCUT2D eigenvalue weighted by molar-refractivity contribution is 1.19. The Hall–Kier alpha value is -1.42. The number of nitrogens with zero attached hydrogens (tertiary/aromatic N) is 2. The van der Waals surface area contributed by atoms with Crippen LogP contribution in [0.15, 0.2) is 41.1 Å². The van der Waals surface area contributed by atoms with Crippen LogP contribution >= 0.6 is 15.9 Å². The number of nitrogens with one attached hydrogen (secondary N) is 1. The van der Waals surface area contributed by atoms with Crippen molar-refractivity contribution in [2.45, 2.75) is 6.92 Å². The van der Waals surface area contributed by atoms with Gasteiger partial charge in [-0.25, -0.2) is 4.98 Å². The van der Waals surface area contributed by atoms with Crippen LogP contribution in [0.5, 0.6) is 0 Å². The van der Waals surface area contributed by atoms with Crippen molar-refractivity contribution >= 4 is 27.4 Å². The maximum absolute atomic E-state index is 4.21. The molecule has 15 heavy (non-hydrogen) atoms. The minimum absolute atomic E-state index is 0.809. The highest BCUT2D eigenvalue weighted by molar-refractivity contribution is 9.10. The normalized spacial score (nSPS) is 10.0. The van der Waals surface area contributed by atoms with Gasteiger partial charge in [0.05, 0.1) is 11.9 Å². The van der Waals surface area contributed by atoms with E-state index < -0.39 is 0 Å². The lowest BCUT2D eigenvalue weighted by Gasteiger charge is -2.04. The van der Waals surface area contributed by atoms with Crippen molar-refractivity contribution in [2.24, 2.45) is 0 Å². The van der Waals surface area contributed by atoms with Gasteiger partial charge in [-0.1, -0.05) is 0 Å². The molecule has 0 aliphatic carbocycles. The van der Waals surface area contributed by atoms with E-state index in [0.717, 1.165) is 21.7 Å². The number of anilines is 2. The molecule has 4 heteroatoms. The second kappa shape index (κ2) is 4.40. The van der Waals surface area contributed by atoms with Crippen LogP contribution in [0.1, 0.15) is 5.69 Å². The largest absolute Gasteiger partial charge is 0.339 e. The minimum atomic E-state index is 0.809. The van der Waals surface area contributed by atoms with Gasteiger partial charge in [-0.05, 0) is 47.1 Å². The van der Waals surface area contributed by atoms with Gasteiger partial charge < -0.3 is 5.32 Å². The summed E-state index contributed by atoms with van der Waals surface area (Å²) in [5.74, 6) is 0.809. The molecule has 0 saturated heterocycles. The van der Waals surface area contributed by atoms with Crippen molar-refractivity contribution in [3.63, 3.8) is 0 Å². The third kappa shape index (κ3) is 2.76. The van der Waals surface area contributed by atoms with Crippen LogP contribution in [0.2, 0.25) is 0 Å². The molecule has 0 aliphatic heterocycles. The number of pyridine rings is 2. The molecule has 0 unspecified atom stereocenters. The molecular formula is C11H10BrN3. The highest BCUT2D eigenvalue weighted by Crippen LogP contribution is 2.15. The smallest absolute Gasteiger partial charge is 0.130 e. The fraction of sp³-hybridized carbons (Fsp3) is 0.0909. The molecule has 0 aliphatic rings. The van der Waals surface area contributed by atoms with Crippen molar-refractivity contribution in [1.82, 2.24) is 9.97 Å². The van der Waals surface area contributed by atoms with Gasteiger partial charge in [-0.15, -0.1) is 0 Å². The summed E-state index contributed by atoms with van der Waals surface area (Å²) in [5, 5.41) is 3.16. The molecule has 76 valence electrons. The average Bonchev–Trinajstić information content (AvgIpc) is 2.25. The molecule has 3 nitrogen and oxygen atoms in total. The van der Waals surface area contributed by atoms with Crippen LogP contribution in [-0.4, -0.2) is 9.97 Å². The first-order valence-electron chi connectivity index (χ1n) is 4.55. The second-order valence-electron chi connectivity index (χ2n) is 3.17. The molecule has 0 bridgehead atoms. The van der Waals surface area contributed by atoms with Crippen molar-refractivity contribution in [2.75, 3.05) is 5.32 Å². The van der Waals surface area contributed by atoms with Gasteiger partial charge in [0.2, 0.25) is 0 Å². The Balaban J connectivity index is 2.15. The van der Waals surface area contributed by atoms with E-state index in [1.807, 2.05) is 31.2 Å². The van der Waals surface area contributed by atoms with Gasteiger partial charge in [-0.3, -0.25) is 4.98 Å². The number of hydrogen-bond donors (Lipinski definition) is 1. The van der Waals surface area contributed by atoms with Crippen LogP contribution in [-0.2, 0) is 0 Å². The van der Waals surface area contributed by atoms with Crippen molar-refractivity contribution < 1.29 is 0 Å². The van der Waals surface area contributed by atoms with Crippen molar-refractivity contribution in [1.29, 1.82) is 0 Å². The maximum atomic E-state index is 4.21. The fourth-order valence-corrected chi connectivity index (χ4v) is 1.37. The molecule has 0 spiro atoms. The first kappa shape index (κ1) is 10.1. The van der Waals surface area contributed by atoms with Crippen LogP contribution < -0.4 is 5.32 Å². The zero-order chi connectivity index (χ0) is 10.7. The Bertz CT molecular complexity index is 393. The summed E-state index contributed by atoms with van der Waals surface area (Å²) >= 11 is 3.34.